The van der Waals surface area contributed by atoms with Gasteiger partial charge in [-0.25, -0.2) is 14.1 Å². The zero-order chi connectivity index (χ0) is 23.5. The zero-order valence-corrected chi connectivity index (χ0v) is 18.9. The highest BCUT2D eigenvalue weighted by Gasteiger charge is 2.21. The van der Waals surface area contributed by atoms with Crippen molar-refractivity contribution in [2.75, 3.05) is 57.6 Å². The summed E-state index contributed by atoms with van der Waals surface area (Å²) in [6.07, 6.45) is 0. The van der Waals surface area contributed by atoms with Gasteiger partial charge in [0.05, 0.1) is 37.1 Å². The second-order valence-corrected chi connectivity index (χ2v) is 7.95. The first-order valence-electron chi connectivity index (χ1n) is 11.1. The van der Waals surface area contributed by atoms with Crippen LogP contribution in [0.2, 0.25) is 0 Å². The molecule has 1 fully saturated rings. The number of morpholine rings is 1. The van der Waals surface area contributed by atoms with E-state index in [1.807, 2.05) is 30.3 Å². The van der Waals surface area contributed by atoms with E-state index in [0.717, 1.165) is 38.5 Å². The molecule has 0 amide bonds. The molecule has 1 saturated heterocycles. The predicted molar refractivity (Wildman–Crippen MR) is 129 cm³/mol. The van der Waals surface area contributed by atoms with E-state index in [1.54, 1.807) is 16.8 Å². The fraction of sp³-hybridized carbons (Fsp3) is 0.292. The Morgan fingerprint density at radius 3 is 2.65 bits per heavy atom. The van der Waals surface area contributed by atoms with Crippen LogP contribution in [0.4, 0.5) is 16.2 Å². The Labute approximate surface area is 196 Å². The molecule has 3 N–H and O–H groups in total. The number of ether oxygens (including phenoxy) is 2. The van der Waals surface area contributed by atoms with E-state index >= 15 is 4.39 Å². The molecule has 3 heterocycles. The van der Waals surface area contributed by atoms with Crippen LogP contribution in [-0.4, -0.2) is 71.2 Å². The zero-order valence-electron chi connectivity index (χ0n) is 18.9. The molecule has 5 rings (SSSR count). The molecule has 9 nitrogen and oxygen atoms in total. The van der Waals surface area contributed by atoms with Crippen molar-refractivity contribution < 1.29 is 13.9 Å². The maximum atomic E-state index is 15.1. The molecule has 2 aromatic heterocycles. The summed E-state index contributed by atoms with van der Waals surface area (Å²) in [6, 6.07) is 14.1. The lowest BCUT2D eigenvalue weighted by atomic mass is 10.1. The van der Waals surface area contributed by atoms with Crippen molar-refractivity contribution in [2.24, 2.45) is 0 Å². The van der Waals surface area contributed by atoms with E-state index in [0.29, 0.717) is 46.4 Å². The second-order valence-electron chi connectivity index (χ2n) is 7.95. The van der Waals surface area contributed by atoms with Crippen LogP contribution in [0.5, 0.6) is 5.75 Å². The number of methoxy groups -OCH3 is 1. The van der Waals surface area contributed by atoms with Crippen LogP contribution in [0.1, 0.15) is 0 Å². The molecule has 0 spiro atoms. The number of aromatic nitrogens is 4. The van der Waals surface area contributed by atoms with Crippen molar-refractivity contribution in [3.05, 3.63) is 54.3 Å². The molecule has 0 saturated carbocycles. The first kappa shape index (κ1) is 22.1. The van der Waals surface area contributed by atoms with Gasteiger partial charge in [0.2, 0.25) is 5.95 Å². The third-order valence-corrected chi connectivity index (χ3v) is 5.82. The molecule has 4 aromatic rings. The average Bonchev–Trinajstić information content (AvgIpc) is 3.21. The predicted octanol–water partition coefficient (Wildman–Crippen LogP) is 2.96. The Morgan fingerprint density at radius 2 is 1.91 bits per heavy atom. The van der Waals surface area contributed by atoms with Gasteiger partial charge in [-0.3, -0.25) is 4.90 Å². The molecule has 1 aliphatic rings. The van der Waals surface area contributed by atoms with E-state index < -0.39 is 5.82 Å². The summed E-state index contributed by atoms with van der Waals surface area (Å²) in [4.78, 5) is 11.6. The molecule has 0 radical (unpaired) electrons. The van der Waals surface area contributed by atoms with Crippen molar-refractivity contribution in [3.63, 3.8) is 0 Å². The quantitative estimate of drug-likeness (QED) is 0.431. The Morgan fingerprint density at radius 1 is 1.12 bits per heavy atom. The van der Waals surface area contributed by atoms with Crippen LogP contribution in [0.15, 0.2) is 48.5 Å². The Balaban J connectivity index is 1.56. The maximum Gasteiger partial charge on any atom is 0.225 e. The third-order valence-electron chi connectivity index (χ3n) is 5.82. The first-order chi connectivity index (χ1) is 16.6. The fourth-order valence-corrected chi connectivity index (χ4v) is 4.02. The summed E-state index contributed by atoms with van der Waals surface area (Å²) in [5.74, 6) is 0.656. The largest absolute Gasteiger partial charge is 0.497 e. The van der Waals surface area contributed by atoms with Gasteiger partial charge in [0, 0.05) is 37.8 Å². The Kier molecular flexibility index (Phi) is 6.24. The lowest BCUT2D eigenvalue weighted by Crippen LogP contribution is -2.39. The lowest BCUT2D eigenvalue weighted by Gasteiger charge is -2.26. The number of hydrogen-bond donors (Lipinski definition) is 2. The van der Waals surface area contributed by atoms with Crippen molar-refractivity contribution >= 4 is 22.8 Å². The minimum Gasteiger partial charge on any atom is -0.497 e. The minimum atomic E-state index is -0.467. The first-order valence-corrected chi connectivity index (χ1v) is 11.1. The number of fused-ring (bicyclic) bond motifs is 1. The van der Waals surface area contributed by atoms with Crippen LogP contribution in [0.25, 0.3) is 28.0 Å². The molecule has 0 atom stereocenters. The van der Waals surface area contributed by atoms with Gasteiger partial charge in [0.25, 0.3) is 0 Å². The molecule has 0 unspecified atom stereocenters. The van der Waals surface area contributed by atoms with Crippen LogP contribution in [0, 0.1) is 5.82 Å². The highest BCUT2D eigenvalue weighted by atomic mass is 19.1. The highest BCUT2D eigenvalue weighted by molar-refractivity contribution is 5.99. The smallest absolute Gasteiger partial charge is 0.225 e. The van der Waals surface area contributed by atoms with E-state index in [9.17, 15) is 0 Å². The molecular weight excluding hydrogens is 437 g/mol. The Hall–Kier alpha value is -3.76. The minimum absolute atomic E-state index is 0.295. The van der Waals surface area contributed by atoms with Crippen LogP contribution >= 0.6 is 0 Å². The van der Waals surface area contributed by atoms with E-state index in [1.165, 1.54) is 13.2 Å². The van der Waals surface area contributed by atoms with Gasteiger partial charge >= 0.3 is 0 Å². The lowest BCUT2D eigenvalue weighted by molar-refractivity contribution is 0.0398. The van der Waals surface area contributed by atoms with E-state index in [4.69, 9.17) is 15.2 Å². The average molecular weight is 464 g/mol. The van der Waals surface area contributed by atoms with Crippen LogP contribution in [0.3, 0.4) is 0 Å². The SMILES string of the molecule is COc1ccc(-c2nc(NCCN3CCOCC3)nc3nn(-c4ccccc4)c(N)c23)c(F)c1. The number of nitrogens with two attached hydrogens (primary N) is 1. The highest BCUT2D eigenvalue weighted by Crippen LogP contribution is 2.35. The summed E-state index contributed by atoms with van der Waals surface area (Å²) < 4.78 is 27.2. The van der Waals surface area contributed by atoms with Gasteiger partial charge < -0.3 is 20.5 Å². The number of nitrogen functional groups attached to an aromatic ring is 1. The van der Waals surface area contributed by atoms with Crippen molar-refractivity contribution in [3.8, 4) is 22.7 Å². The van der Waals surface area contributed by atoms with Gasteiger partial charge in [-0.15, -0.1) is 5.10 Å². The molecule has 34 heavy (non-hydrogen) atoms. The van der Waals surface area contributed by atoms with Gasteiger partial charge in [0.1, 0.15) is 17.4 Å². The summed E-state index contributed by atoms with van der Waals surface area (Å²) in [6.45, 7) is 4.70. The summed E-state index contributed by atoms with van der Waals surface area (Å²) in [5.41, 5.74) is 8.33. The van der Waals surface area contributed by atoms with Crippen molar-refractivity contribution in [1.29, 1.82) is 0 Å². The molecular formula is C24H26FN7O2. The number of nitrogens with one attached hydrogen (secondary N) is 1. The monoisotopic (exact) mass is 463 g/mol. The molecule has 1 aliphatic heterocycles. The van der Waals surface area contributed by atoms with Crippen LogP contribution < -0.4 is 15.8 Å². The second kappa shape index (κ2) is 9.62. The maximum absolute atomic E-state index is 15.1. The number of halogens is 1. The van der Waals surface area contributed by atoms with Gasteiger partial charge in [-0.05, 0) is 24.3 Å². The topological polar surface area (TPSA) is 103 Å². The van der Waals surface area contributed by atoms with Gasteiger partial charge in [-0.2, -0.15) is 4.98 Å². The normalized spacial score (nSPS) is 14.4. The molecule has 0 aliphatic carbocycles. The number of para-hydroxylation sites is 1. The number of nitrogens with zero attached hydrogens (tertiary/aromatic N) is 5. The van der Waals surface area contributed by atoms with Gasteiger partial charge in [0.15, 0.2) is 5.65 Å². The number of hydrogen-bond acceptors (Lipinski definition) is 8. The molecule has 0 bridgehead atoms. The Bertz CT molecular complexity index is 1290. The van der Waals surface area contributed by atoms with Crippen molar-refractivity contribution in [2.45, 2.75) is 0 Å². The molecule has 10 heteroatoms. The van der Waals surface area contributed by atoms with Crippen LogP contribution in [-0.2, 0) is 4.74 Å². The van der Waals surface area contributed by atoms with E-state index in [2.05, 4.69) is 25.3 Å². The summed E-state index contributed by atoms with van der Waals surface area (Å²) >= 11 is 0. The standard InChI is InChI=1S/C24H26FN7O2/c1-33-17-7-8-18(19(25)15-17)21-20-22(26)32(16-5-3-2-4-6-16)30-23(20)29-24(28-21)27-9-10-31-11-13-34-14-12-31/h2-8,15H,9-14,26H2,1H3,(H,27,29,30). The van der Waals surface area contributed by atoms with Gasteiger partial charge in [-0.1, -0.05) is 18.2 Å². The number of benzene rings is 2. The molecule has 176 valence electrons. The van der Waals surface area contributed by atoms with Crippen molar-refractivity contribution in [1.82, 2.24) is 24.6 Å². The number of rotatable bonds is 7. The summed E-state index contributed by atoms with van der Waals surface area (Å²) in [7, 11) is 1.50. The van der Waals surface area contributed by atoms with E-state index in [-0.39, 0.29) is 0 Å². The third kappa shape index (κ3) is 4.37. The molecule has 2 aromatic carbocycles. The fourth-order valence-electron chi connectivity index (χ4n) is 4.02. The summed E-state index contributed by atoms with van der Waals surface area (Å²) in [5, 5.41) is 8.37. The number of anilines is 2.